The smallest absolute Gasteiger partial charge is 0.191 e. The Labute approximate surface area is 121 Å². The molecule has 0 bridgehead atoms. The molecule has 0 radical (unpaired) electrons. The van der Waals surface area contributed by atoms with Crippen molar-refractivity contribution in [1.29, 1.82) is 0 Å². The van der Waals surface area contributed by atoms with Gasteiger partial charge in [0.1, 0.15) is 0 Å². The third-order valence-corrected chi connectivity index (χ3v) is 3.80. The molecule has 110 valence electrons. The van der Waals surface area contributed by atoms with Crippen LogP contribution in [0.3, 0.4) is 0 Å². The van der Waals surface area contributed by atoms with Gasteiger partial charge in [-0.2, -0.15) is 0 Å². The predicted molar refractivity (Wildman–Crippen MR) is 81.6 cm³/mol. The quantitative estimate of drug-likeness (QED) is 0.537. The molecular weight excluding hydrogens is 262 g/mol. The van der Waals surface area contributed by atoms with Crippen molar-refractivity contribution in [3.05, 3.63) is 11.6 Å². The molecule has 1 aliphatic rings. The van der Waals surface area contributed by atoms with Gasteiger partial charge in [0, 0.05) is 17.0 Å². The first-order chi connectivity index (χ1) is 8.98. The Hall–Kier alpha value is -0.740. The minimum atomic E-state index is -0.254. The zero-order valence-electron chi connectivity index (χ0n) is 12.0. The highest BCUT2D eigenvalue weighted by molar-refractivity contribution is 6.29. The summed E-state index contributed by atoms with van der Waals surface area (Å²) in [6.45, 7) is 9.68. The van der Waals surface area contributed by atoms with E-state index in [2.05, 4.69) is 29.1 Å². The molecular formula is C14H26ClN3O. The van der Waals surface area contributed by atoms with Crippen LogP contribution in [0.15, 0.2) is 16.6 Å². The number of nitrogens with zero attached hydrogens (tertiary/aromatic N) is 1. The highest BCUT2D eigenvalue weighted by atomic mass is 35.5. The summed E-state index contributed by atoms with van der Waals surface area (Å²) < 4.78 is 0. The van der Waals surface area contributed by atoms with Crippen molar-refractivity contribution in [1.82, 2.24) is 10.6 Å². The Bertz CT molecular complexity index is 333. The van der Waals surface area contributed by atoms with Crippen molar-refractivity contribution in [2.75, 3.05) is 19.6 Å². The van der Waals surface area contributed by atoms with Crippen LogP contribution in [0.25, 0.3) is 0 Å². The maximum Gasteiger partial charge on any atom is 0.191 e. The average Bonchev–Trinajstić information content (AvgIpc) is 2.36. The van der Waals surface area contributed by atoms with Crippen LogP contribution in [0.5, 0.6) is 0 Å². The van der Waals surface area contributed by atoms with Gasteiger partial charge in [-0.15, -0.1) is 0 Å². The molecule has 2 unspecified atom stereocenters. The highest BCUT2D eigenvalue weighted by Gasteiger charge is 2.35. The van der Waals surface area contributed by atoms with Crippen LogP contribution in [-0.2, 0) is 0 Å². The third kappa shape index (κ3) is 5.41. The molecule has 2 atom stereocenters. The molecule has 0 spiro atoms. The number of nitrogens with one attached hydrogen (secondary N) is 2. The Balaban J connectivity index is 2.59. The maximum atomic E-state index is 10.1. The summed E-state index contributed by atoms with van der Waals surface area (Å²) in [5.41, 5.74) is -0.113. The first kappa shape index (κ1) is 16.3. The van der Waals surface area contributed by atoms with E-state index >= 15 is 0 Å². The van der Waals surface area contributed by atoms with E-state index in [-0.39, 0.29) is 11.5 Å². The summed E-state index contributed by atoms with van der Waals surface area (Å²) in [5, 5.41) is 17.0. The fourth-order valence-electron chi connectivity index (χ4n) is 2.35. The minimum Gasteiger partial charge on any atom is -0.392 e. The number of hydrogen-bond donors (Lipinski definition) is 3. The van der Waals surface area contributed by atoms with E-state index in [9.17, 15) is 5.11 Å². The van der Waals surface area contributed by atoms with E-state index < -0.39 is 0 Å². The average molecular weight is 288 g/mol. The van der Waals surface area contributed by atoms with Gasteiger partial charge >= 0.3 is 0 Å². The maximum absolute atomic E-state index is 10.1. The molecule has 1 fully saturated rings. The Kier molecular flexibility index (Phi) is 6.66. The van der Waals surface area contributed by atoms with Crippen molar-refractivity contribution in [3.8, 4) is 0 Å². The second-order valence-electron chi connectivity index (χ2n) is 5.48. The van der Waals surface area contributed by atoms with Crippen LogP contribution in [0.1, 0.15) is 39.5 Å². The Morgan fingerprint density at radius 2 is 2.21 bits per heavy atom. The molecule has 3 N–H and O–H groups in total. The van der Waals surface area contributed by atoms with Crippen LogP contribution in [0.4, 0.5) is 0 Å². The molecule has 0 aromatic carbocycles. The lowest BCUT2D eigenvalue weighted by molar-refractivity contribution is 0.00717. The summed E-state index contributed by atoms with van der Waals surface area (Å²) in [5.74, 6) is 0.725. The lowest BCUT2D eigenvalue weighted by Gasteiger charge is -2.37. The normalized spacial score (nSPS) is 28.0. The van der Waals surface area contributed by atoms with Gasteiger partial charge in [-0.05, 0) is 19.8 Å². The zero-order chi connectivity index (χ0) is 14.3. The molecule has 0 saturated heterocycles. The van der Waals surface area contributed by atoms with Crippen LogP contribution in [0, 0.1) is 5.41 Å². The number of aliphatic hydroxyl groups is 1. The number of aliphatic imine (C=N–C) groups is 1. The van der Waals surface area contributed by atoms with Crippen LogP contribution >= 0.6 is 11.6 Å². The number of guanidine groups is 1. The second-order valence-corrected chi connectivity index (χ2v) is 6.02. The summed E-state index contributed by atoms with van der Waals surface area (Å²) in [6, 6.07) is 0. The molecule has 4 nitrogen and oxygen atoms in total. The SMILES string of the molecule is C=C(Cl)CNC(=NCC1(C)CCCCC1O)NCC. The van der Waals surface area contributed by atoms with Crippen molar-refractivity contribution in [2.24, 2.45) is 10.4 Å². The van der Waals surface area contributed by atoms with Gasteiger partial charge in [-0.1, -0.05) is 37.9 Å². The van der Waals surface area contributed by atoms with Gasteiger partial charge in [-0.25, -0.2) is 0 Å². The standard InChI is InChI=1S/C14H26ClN3O/c1-4-16-13(17-9-11(2)15)18-10-14(3)8-6-5-7-12(14)19/h12,19H,2,4-10H2,1,3H3,(H2,16,17,18). The monoisotopic (exact) mass is 287 g/mol. The van der Waals surface area contributed by atoms with Gasteiger partial charge < -0.3 is 15.7 Å². The van der Waals surface area contributed by atoms with Crippen molar-refractivity contribution >= 4 is 17.6 Å². The largest absolute Gasteiger partial charge is 0.392 e. The van der Waals surface area contributed by atoms with E-state index in [4.69, 9.17) is 11.6 Å². The molecule has 0 aromatic rings. The highest BCUT2D eigenvalue weighted by Crippen LogP contribution is 2.36. The lowest BCUT2D eigenvalue weighted by Crippen LogP contribution is -2.42. The molecule has 1 rings (SSSR count). The molecule has 1 aliphatic carbocycles. The Morgan fingerprint density at radius 1 is 1.47 bits per heavy atom. The van der Waals surface area contributed by atoms with E-state index in [0.717, 1.165) is 31.8 Å². The number of aliphatic hydroxyl groups excluding tert-OH is 1. The summed E-state index contributed by atoms with van der Waals surface area (Å²) in [4.78, 5) is 4.57. The molecule has 0 heterocycles. The van der Waals surface area contributed by atoms with E-state index in [1.54, 1.807) is 0 Å². The summed E-state index contributed by atoms with van der Waals surface area (Å²) >= 11 is 5.74. The first-order valence-corrected chi connectivity index (χ1v) is 7.39. The minimum absolute atomic E-state index is 0.113. The number of rotatable bonds is 5. The van der Waals surface area contributed by atoms with E-state index in [1.807, 2.05) is 6.92 Å². The molecule has 0 aliphatic heterocycles. The van der Waals surface area contributed by atoms with Crippen molar-refractivity contribution < 1.29 is 5.11 Å². The molecule has 0 amide bonds. The second kappa shape index (κ2) is 7.75. The van der Waals surface area contributed by atoms with E-state index in [1.165, 1.54) is 6.42 Å². The van der Waals surface area contributed by atoms with Gasteiger partial charge in [0.05, 0.1) is 19.2 Å². The lowest BCUT2D eigenvalue weighted by atomic mass is 9.73. The topological polar surface area (TPSA) is 56.7 Å². The van der Waals surface area contributed by atoms with Gasteiger partial charge in [0.2, 0.25) is 0 Å². The summed E-state index contributed by atoms with van der Waals surface area (Å²) in [6.07, 6.45) is 3.94. The first-order valence-electron chi connectivity index (χ1n) is 7.01. The zero-order valence-corrected chi connectivity index (χ0v) is 12.8. The van der Waals surface area contributed by atoms with Crippen LogP contribution in [-0.4, -0.2) is 36.8 Å². The molecule has 0 aromatic heterocycles. The molecule has 5 heteroatoms. The fraction of sp³-hybridized carbons (Fsp3) is 0.786. The van der Waals surface area contributed by atoms with Gasteiger partial charge in [-0.3, -0.25) is 4.99 Å². The number of hydrogen-bond acceptors (Lipinski definition) is 2. The summed E-state index contributed by atoms with van der Waals surface area (Å²) in [7, 11) is 0. The van der Waals surface area contributed by atoms with Gasteiger partial charge in [0.15, 0.2) is 5.96 Å². The van der Waals surface area contributed by atoms with Crippen LogP contribution < -0.4 is 10.6 Å². The Morgan fingerprint density at radius 3 is 2.79 bits per heavy atom. The van der Waals surface area contributed by atoms with Gasteiger partial charge in [0.25, 0.3) is 0 Å². The number of halogens is 1. The molecule has 19 heavy (non-hydrogen) atoms. The molecule has 1 saturated carbocycles. The third-order valence-electron chi connectivity index (χ3n) is 3.67. The van der Waals surface area contributed by atoms with Crippen molar-refractivity contribution in [3.63, 3.8) is 0 Å². The van der Waals surface area contributed by atoms with Crippen molar-refractivity contribution in [2.45, 2.75) is 45.6 Å². The van der Waals surface area contributed by atoms with Crippen LogP contribution in [0.2, 0.25) is 0 Å². The predicted octanol–water partition coefficient (Wildman–Crippen LogP) is 2.24. The fourth-order valence-corrected chi connectivity index (χ4v) is 2.41. The van der Waals surface area contributed by atoms with E-state index in [0.29, 0.717) is 18.1 Å².